The Bertz CT molecular complexity index is 2810. The smallest absolute Gasteiger partial charge is 0.310 e. The molecule has 4 nitrogen and oxygen atoms in total. The van der Waals surface area contributed by atoms with Crippen molar-refractivity contribution >= 4 is 39.6 Å². The van der Waals surface area contributed by atoms with Crippen molar-refractivity contribution in [1.29, 1.82) is 0 Å². The lowest BCUT2D eigenvalue weighted by atomic mass is 9.49. The first-order valence-electron chi connectivity index (χ1n) is 21.1. The van der Waals surface area contributed by atoms with Gasteiger partial charge in [-0.25, -0.2) is 0 Å². The minimum absolute atomic E-state index is 0.0154. The lowest BCUT2D eigenvalue weighted by molar-refractivity contribution is 0.311. The molecule has 0 unspecified atom stereocenters. The summed E-state index contributed by atoms with van der Waals surface area (Å²) in [5.41, 5.74) is 18.3. The normalized spacial score (nSPS) is 18.2. The zero-order chi connectivity index (χ0) is 37.0. The van der Waals surface area contributed by atoms with Crippen LogP contribution in [0.4, 0.5) is 0 Å². The van der Waals surface area contributed by atoms with Gasteiger partial charge in [0.25, 0.3) is 5.56 Å². The molecule has 272 valence electrons. The fourth-order valence-electron chi connectivity index (χ4n) is 12.8. The van der Waals surface area contributed by atoms with Crippen molar-refractivity contribution in [1.82, 2.24) is 13.8 Å². The van der Waals surface area contributed by atoms with Gasteiger partial charge >= 0.3 is 6.85 Å². The van der Waals surface area contributed by atoms with Gasteiger partial charge in [-0.1, -0.05) is 126 Å². The van der Waals surface area contributed by atoms with Crippen LogP contribution in [0.3, 0.4) is 0 Å². The molecule has 3 aliphatic carbocycles. The standard InChI is InChI=1S/C50H48BN3O/c1-30(2)35-18-14-19-36(31(3)4)43(35)34-27-41-45-42(28-34)53-47-44(49(21-10-11-22-49)29-50(47)23-12-13-24-50)48(55)54(53)51(45)39-26-33(32-15-6-5-7-16-32)25-38-37-17-8-9-20-40(37)52(41)46(38)39/h5-9,14-20,25-28,30-31H,10-13,21-24,29H2,1-4H3. The third kappa shape index (κ3) is 4.02. The Morgan fingerprint density at radius 3 is 2.00 bits per heavy atom. The Kier molecular flexibility index (Phi) is 6.48. The second-order valence-electron chi connectivity index (χ2n) is 18.5. The van der Waals surface area contributed by atoms with Crippen molar-refractivity contribution in [2.75, 3.05) is 0 Å². The monoisotopic (exact) mass is 717 g/mol. The van der Waals surface area contributed by atoms with E-state index in [9.17, 15) is 0 Å². The topological polar surface area (TPSA) is 31.9 Å². The van der Waals surface area contributed by atoms with Crippen LogP contribution in [0.1, 0.15) is 120 Å². The molecule has 4 heterocycles. The lowest BCUT2D eigenvalue weighted by Crippen LogP contribution is -2.54. The van der Waals surface area contributed by atoms with Crippen molar-refractivity contribution in [3.05, 3.63) is 130 Å². The van der Waals surface area contributed by atoms with Crippen molar-refractivity contribution in [2.45, 2.75) is 108 Å². The van der Waals surface area contributed by atoms with Crippen molar-refractivity contribution in [3.8, 4) is 33.6 Å². The maximum atomic E-state index is 15.8. The molecule has 2 aromatic heterocycles. The van der Waals surface area contributed by atoms with Crippen LogP contribution in [0.25, 0.3) is 55.4 Å². The van der Waals surface area contributed by atoms with Crippen LogP contribution in [0.5, 0.6) is 0 Å². The van der Waals surface area contributed by atoms with Gasteiger partial charge in [-0.3, -0.25) is 14.1 Å². The minimum atomic E-state index is -0.193. The molecule has 2 fully saturated rings. The highest BCUT2D eigenvalue weighted by molar-refractivity contribution is 6.88. The molecule has 0 radical (unpaired) electrons. The maximum Gasteiger partial charge on any atom is 0.357 e. The van der Waals surface area contributed by atoms with Crippen LogP contribution in [-0.4, -0.2) is 20.7 Å². The van der Waals surface area contributed by atoms with Gasteiger partial charge in [-0.15, -0.1) is 0 Å². The van der Waals surface area contributed by atoms with Gasteiger partial charge in [0, 0.05) is 38.3 Å². The predicted molar refractivity (Wildman–Crippen MR) is 229 cm³/mol. The van der Waals surface area contributed by atoms with Gasteiger partial charge in [-0.2, -0.15) is 0 Å². The summed E-state index contributed by atoms with van der Waals surface area (Å²) in [6.45, 7) is 9.15. The van der Waals surface area contributed by atoms with E-state index in [-0.39, 0.29) is 23.2 Å². The van der Waals surface area contributed by atoms with E-state index in [1.165, 1.54) is 134 Å². The Labute approximate surface area is 323 Å². The molecular formula is C50H48BN3O. The van der Waals surface area contributed by atoms with E-state index in [4.69, 9.17) is 0 Å². The summed E-state index contributed by atoms with van der Waals surface area (Å²) in [4.78, 5) is 15.8. The number of aromatic nitrogens is 3. The fraction of sp³-hybridized carbons (Fsp3) is 0.340. The molecule has 2 spiro atoms. The predicted octanol–water partition coefficient (Wildman–Crippen LogP) is 10.6. The number of rotatable bonds is 4. The van der Waals surface area contributed by atoms with E-state index in [0.717, 1.165) is 12.8 Å². The van der Waals surface area contributed by atoms with E-state index in [0.29, 0.717) is 11.8 Å². The largest absolute Gasteiger partial charge is 0.357 e. The van der Waals surface area contributed by atoms with Crippen LogP contribution in [0, 0.1) is 0 Å². The molecular weight excluding hydrogens is 669 g/mol. The number of hydrogen-bond donors (Lipinski definition) is 0. The van der Waals surface area contributed by atoms with Gasteiger partial charge in [0.1, 0.15) is 0 Å². The van der Waals surface area contributed by atoms with Crippen molar-refractivity contribution in [2.24, 2.45) is 0 Å². The zero-order valence-corrected chi connectivity index (χ0v) is 32.6. The van der Waals surface area contributed by atoms with Crippen LogP contribution in [0.15, 0.2) is 102 Å². The zero-order valence-electron chi connectivity index (χ0n) is 32.6. The summed E-state index contributed by atoms with van der Waals surface area (Å²) < 4.78 is 7.40. The second-order valence-corrected chi connectivity index (χ2v) is 18.5. The molecule has 7 aromatic rings. The first-order chi connectivity index (χ1) is 26.8. The number of benzene rings is 5. The van der Waals surface area contributed by atoms with E-state index < -0.39 is 0 Å². The Morgan fingerprint density at radius 2 is 1.29 bits per heavy atom. The Morgan fingerprint density at radius 1 is 0.636 bits per heavy atom. The third-order valence-corrected chi connectivity index (χ3v) is 14.9. The first-order valence-corrected chi connectivity index (χ1v) is 21.1. The molecule has 2 aliphatic heterocycles. The molecule has 5 heteroatoms. The Balaban J connectivity index is 1.27. The third-order valence-electron chi connectivity index (χ3n) is 14.9. The molecule has 55 heavy (non-hydrogen) atoms. The van der Waals surface area contributed by atoms with Crippen molar-refractivity contribution in [3.63, 3.8) is 0 Å². The van der Waals surface area contributed by atoms with Crippen molar-refractivity contribution < 1.29 is 0 Å². The summed E-state index contributed by atoms with van der Waals surface area (Å²) in [6.07, 6.45) is 10.9. The molecule has 12 rings (SSSR count). The molecule has 0 N–H and O–H groups in total. The summed E-state index contributed by atoms with van der Waals surface area (Å²) in [6, 6.07) is 36.6. The van der Waals surface area contributed by atoms with Gasteiger partial charge in [0.05, 0.1) is 22.4 Å². The number of fused-ring (bicyclic) bond motifs is 12. The number of nitrogens with zero attached hydrogens (tertiary/aromatic N) is 3. The maximum absolute atomic E-state index is 15.8. The summed E-state index contributed by atoms with van der Waals surface area (Å²) >= 11 is 0. The van der Waals surface area contributed by atoms with E-state index in [1.807, 2.05) is 0 Å². The molecule has 5 aromatic carbocycles. The number of hydrogen-bond acceptors (Lipinski definition) is 1. The highest BCUT2D eigenvalue weighted by atomic mass is 16.1. The van der Waals surface area contributed by atoms with E-state index >= 15 is 4.79 Å². The molecule has 0 saturated heterocycles. The lowest BCUT2D eigenvalue weighted by Gasteiger charge is -2.30. The highest BCUT2D eigenvalue weighted by Crippen LogP contribution is 2.62. The van der Waals surface area contributed by atoms with Gasteiger partial charge in [0.15, 0.2) is 0 Å². The summed E-state index contributed by atoms with van der Waals surface area (Å²) in [5.74, 6) is 0.751. The molecule has 0 amide bonds. The molecule has 2 saturated carbocycles. The highest BCUT2D eigenvalue weighted by Gasteiger charge is 2.60. The van der Waals surface area contributed by atoms with Gasteiger partial charge < -0.3 is 4.57 Å². The fourth-order valence-corrected chi connectivity index (χ4v) is 12.8. The molecule has 0 atom stereocenters. The number of para-hydroxylation sites is 1. The van der Waals surface area contributed by atoms with Crippen LogP contribution in [-0.2, 0) is 10.8 Å². The van der Waals surface area contributed by atoms with Crippen LogP contribution >= 0.6 is 0 Å². The van der Waals surface area contributed by atoms with Crippen LogP contribution < -0.4 is 16.5 Å². The quantitative estimate of drug-likeness (QED) is 0.167. The van der Waals surface area contributed by atoms with Gasteiger partial charge in [0.2, 0.25) is 0 Å². The second kappa shape index (κ2) is 11.1. The first kappa shape index (κ1) is 32.2. The minimum Gasteiger partial charge on any atom is -0.310 e. The summed E-state index contributed by atoms with van der Waals surface area (Å²) in [5, 5.41) is 2.53. The van der Waals surface area contributed by atoms with E-state index in [2.05, 4.69) is 139 Å². The van der Waals surface area contributed by atoms with E-state index in [1.54, 1.807) is 0 Å². The Hall–Kier alpha value is -5.03. The summed E-state index contributed by atoms with van der Waals surface area (Å²) in [7, 11) is 0. The SMILES string of the molecule is CC(C)c1cccc(C(C)C)c1-c1cc2c3c(c1)-n1c4c(c(=O)n1B3c1cc(-c3ccccc3)cc3c5ccccc5n-2c13)C1(CCCC1)CC41CCCC1. The molecule has 0 bridgehead atoms. The average Bonchev–Trinajstić information content (AvgIpc) is 4.06. The van der Waals surface area contributed by atoms with Gasteiger partial charge in [-0.05, 0) is 107 Å². The van der Waals surface area contributed by atoms with Crippen LogP contribution in [0.2, 0.25) is 0 Å². The average molecular weight is 718 g/mol. The molecule has 5 aliphatic rings.